The zero-order valence-corrected chi connectivity index (χ0v) is 16.6. The number of hydrogen-bond donors (Lipinski definition) is 1. The fourth-order valence-corrected chi connectivity index (χ4v) is 3.94. The van der Waals surface area contributed by atoms with Gasteiger partial charge in [-0.15, -0.1) is 11.3 Å². The van der Waals surface area contributed by atoms with E-state index >= 15 is 0 Å². The number of hydrogen-bond acceptors (Lipinski definition) is 6. The van der Waals surface area contributed by atoms with Crippen LogP contribution in [0.25, 0.3) is 21.8 Å². The maximum Gasteiger partial charge on any atom is 0.238 e. The summed E-state index contributed by atoms with van der Waals surface area (Å²) in [5.74, 6) is 1.37. The first-order valence-electron chi connectivity index (χ1n) is 8.41. The van der Waals surface area contributed by atoms with Gasteiger partial charge < -0.3 is 9.47 Å². The van der Waals surface area contributed by atoms with Gasteiger partial charge in [-0.05, 0) is 44.2 Å². The number of thiazole rings is 1. The zero-order valence-electron chi connectivity index (χ0n) is 15.0. The molecule has 0 amide bonds. The predicted molar refractivity (Wildman–Crippen MR) is 107 cm³/mol. The second-order valence-corrected chi connectivity index (χ2v) is 8.06. The summed E-state index contributed by atoms with van der Waals surface area (Å²) in [6.07, 6.45) is 0. The maximum absolute atomic E-state index is 11.6. The molecular formula is C19H20N2O4S2. The summed E-state index contributed by atoms with van der Waals surface area (Å²) in [6.45, 7) is 4.93. The van der Waals surface area contributed by atoms with Gasteiger partial charge in [0.1, 0.15) is 5.01 Å². The first kappa shape index (κ1) is 19.3. The van der Waals surface area contributed by atoms with Crippen LogP contribution in [-0.4, -0.2) is 26.6 Å². The quantitative estimate of drug-likeness (QED) is 0.644. The third-order valence-electron chi connectivity index (χ3n) is 3.75. The molecule has 0 aliphatic heterocycles. The Hall–Kier alpha value is -2.42. The fourth-order valence-electron chi connectivity index (χ4n) is 2.56. The molecule has 0 saturated carbocycles. The van der Waals surface area contributed by atoms with Crippen molar-refractivity contribution in [2.75, 3.05) is 13.2 Å². The van der Waals surface area contributed by atoms with Crippen LogP contribution in [0.15, 0.2) is 52.7 Å². The molecule has 0 aliphatic rings. The van der Waals surface area contributed by atoms with Crippen LogP contribution in [0.2, 0.25) is 0 Å². The van der Waals surface area contributed by atoms with Crippen LogP contribution in [-0.2, 0) is 10.0 Å². The maximum atomic E-state index is 11.6. The van der Waals surface area contributed by atoms with E-state index in [-0.39, 0.29) is 4.90 Å². The van der Waals surface area contributed by atoms with Crippen molar-refractivity contribution in [3.8, 4) is 33.3 Å². The number of primary sulfonamides is 1. The van der Waals surface area contributed by atoms with E-state index < -0.39 is 10.0 Å². The molecule has 0 aliphatic carbocycles. The van der Waals surface area contributed by atoms with Gasteiger partial charge >= 0.3 is 0 Å². The lowest BCUT2D eigenvalue weighted by molar-refractivity contribution is 0.288. The average molecular weight is 405 g/mol. The standard InChI is InChI=1S/C19H20N2O4S2/c1-3-24-17-9-8-14(11-18(17)25-4-2)19-21-16(12-26-19)13-6-5-7-15(10-13)27(20,22)23/h5-12H,3-4H2,1-2H3,(H2,20,22,23). The van der Waals surface area contributed by atoms with E-state index in [9.17, 15) is 8.42 Å². The minimum Gasteiger partial charge on any atom is -0.490 e. The molecule has 8 heteroatoms. The number of aromatic nitrogens is 1. The van der Waals surface area contributed by atoms with Crippen LogP contribution < -0.4 is 14.6 Å². The van der Waals surface area contributed by atoms with Crippen LogP contribution in [0.1, 0.15) is 13.8 Å². The first-order chi connectivity index (χ1) is 12.9. The van der Waals surface area contributed by atoms with Crippen LogP contribution >= 0.6 is 11.3 Å². The van der Waals surface area contributed by atoms with Crippen molar-refractivity contribution in [3.05, 3.63) is 47.8 Å². The van der Waals surface area contributed by atoms with Crippen molar-refractivity contribution >= 4 is 21.4 Å². The van der Waals surface area contributed by atoms with Gasteiger partial charge in [-0.25, -0.2) is 18.5 Å². The van der Waals surface area contributed by atoms with Gasteiger partial charge in [0.25, 0.3) is 0 Å². The highest BCUT2D eigenvalue weighted by Gasteiger charge is 2.13. The lowest BCUT2D eigenvalue weighted by Crippen LogP contribution is -2.11. The van der Waals surface area contributed by atoms with E-state index in [1.165, 1.54) is 23.5 Å². The van der Waals surface area contributed by atoms with Gasteiger partial charge in [-0.1, -0.05) is 12.1 Å². The Balaban J connectivity index is 1.95. The molecule has 142 valence electrons. The molecule has 3 rings (SSSR count). The third-order valence-corrected chi connectivity index (χ3v) is 5.56. The minimum absolute atomic E-state index is 0.0641. The Morgan fingerprint density at radius 1 is 1.00 bits per heavy atom. The number of ether oxygens (including phenoxy) is 2. The number of rotatable bonds is 7. The molecule has 1 heterocycles. The van der Waals surface area contributed by atoms with Gasteiger partial charge in [0.2, 0.25) is 10.0 Å². The van der Waals surface area contributed by atoms with Crippen LogP contribution in [0.4, 0.5) is 0 Å². The first-order valence-corrected chi connectivity index (χ1v) is 10.8. The molecule has 0 saturated heterocycles. The SMILES string of the molecule is CCOc1ccc(-c2nc(-c3cccc(S(N)(=O)=O)c3)cs2)cc1OCC. The fraction of sp³-hybridized carbons (Fsp3) is 0.211. The second kappa shape index (κ2) is 8.08. The van der Waals surface area contributed by atoms with E-state index in [1.807, 2.05) is 37.4 Å². The molecule has 0 unspecified atom stereocenters. The number of sulfonamides is 1. The zero-order chi connectivity index (χ0) is 19.4. The number of nitrogens with two attached hydrogens (primary N) is 1. The highest BCUT2D eigenvalue weighted by Crippen LogP contribution is 2.35. The lowest BCUT2D eigenvalue weighted by Gasteiger charge is -2.11. The normalized spacial score (nSPS) is 11.4. The van der Waals surface area contributed by atoms with E-state index in [0.717, 1.165) is 10.6 Å². The highest BCUT2D eigenvalue weighted by molar-refractivity contribution is 7.89. The number of benzene rings is 2. The summed E-state index contributed by atoms with van der Waals surface area (Å²) < 4.78 is 34.4. The average Bonchev–Trinajstić information content (AvgIpc) is 3.13. The highest BCUT2D eigenvalue weighted by atomic mass is 32.2. The molecular weight excluding hydrogens is 384 g/mol. The summed E-state index contributed by atoms with van der Waals surface area (Å²) in [5.41, 5.74) is 2.29. The third kappa shape index (κ3) is 4.47. The molecule has 0 spiro atoms. The van der Waals surface area contributed by atoms with Gasteiger partial charge in [-0.2, -0.15) is 0 Å². The Bertz CT molecular complexity index is 1050. The lowest BCUT2D eigenvalue weighted by atomic mass is 10.1. The van der Waals surface area contributed by atoms with E-state index in [0.29, 0.717) is 36.0 Å². The Morgan fingerprint density at radius 2 is 1.74 bits per heavy atom. The Morgan fingerprint density at radius 3 is 2.44 bits per heavy atom. The topological polar surface area (TPSA) is 91.5 Å². The van der Waals surface area contributed by atoms with Gasteiger partial charge in [0.05, 0.1) is 23.8 Å². The Labute approximate surface area is 162 Å². The van der Waals surface area contributed by atoms with Crippen molar-refractivity contribution in [1.82, 2.24) is 4.98 Å². The van der Waals surface area contributed by atoms with E-state index in [2.05, 4.69) is 4.98 Å². The van der Waals surface area contributed by atoms with Gasteiger partial charge in [-0.3, -0.25) is 0 Å². The van der Waals surface area contributed by atoms with Crippen molar-refractivity contribution < 1.29 is 17.9 Å². The Kier molecular flexibility index (Phi) is 5.79. The molecule has 0 atom stereocenters. The second-order valence-electron chi connectivity index (χ2n) is 5.64. The van der Waals surface area contributed by atoms with E-state index in [1.54, 1.807) is 12.1 Å². The van der Waals surface area contributed by atoms with Gasteiger partial charge in [0, 0.05) is 16.5 Å². The van der Waals surface area contributed by atoms with Crippen molar-refractivity contribution in [2.24, 2.45) is 5.14 Å². The molecule has 0 radical (unpaired) electrons. The predicted octanol–water partition coefficient (Wildman–Crippen LogP) is 3.92. The molecule has 27 heavy (non-hydrogen) atoms. The summed E-state index contributed by atoms with van der Waals surface area (Å²) in [6, 6.07) is 12.1. The van der Waals surface area contributed by atoms with Crippen molar-refractivity contribution in [3.63, 3.8) is 0 Å². The number of nitrogens with zero attached hydrogens (tertiary/aromatic N) is 1. The molecule has 3 aromatic rings. The van der Waals surface area contributed by atoms with Crippen LogP contribution in [0, 0.1) is 0 Å². The molecule has 0 bridgehead atoms. The molecule has 2 N–H and O–H groups in total. The van der Waals surface area contributed by atoms with Crippen LogP contribution in [0.3, 0.4) is 0 Å². The monoisotopic (exact) mass is 404 g/mol. The van der Waals surface area contributed by atoms with E-state index in [4.69, 9.17) is 14.6 Å². The van der Waals surface area contributed by atoms with Crippen LogP contribution in [0.5, 0.6) is 11.5 Å². The van der Waals surface area contributed by atoms with Crippen molar-refractivity contribution in [2.45, 2.75) is 18.7 Å². The summed E-state index contributed by atoms with van der Waals surface area (Å²) in [4.78, 5) is 4.70. The summed E-state index contributed by atoms with van der Waals surface area (Å²) >= 11 is 1.47. The molecule has 2 aromatic carbocycles. The smallest absolute Gasteiger partial charge is 0.238 e. The molecule has 6 nitrogen and oxygen atoms in total. The van der Waals surface area contributed by atoms with Crippen molar-refractivity contribution in [1.29, 1.82) is 0 Å². The minimum atomic E-state index is -3.76. The van der Waals surface area contributed by atoms with Gasteiger partial charge in [0.15, 0.2) is 11.5 Å². The molecule has 1 aromatic heterocycles. The largest absolute Gasteiger partial charge is 0.490 e. The summed E-state index contributed by atoms with van der Waals surface area (Å²) in [7, 11) is -3.76. The summed E-state index contributed by atoms with van der Waals surface area (Å²) in [5, 5.41) is 7.90. The molecule has 0 fully saturated rings.